The fourth-order valence-corrected chi connectivity index (χ4v) is 2.76. The summed E-state index contributed by atoms with van der Waals surface area (Å²) in [7, 11) is 3.11. The first kappa shape index (κ1) is 17.8. The molecule has 0 radical (unpaired) electrons. The van der Waals surface area contributed by atoms with Crippen LogP contribution in [0.4, 0.5) is 10.5 Å². The van der Waals surface area contributed by atoms with E-state index >= 15 is 0 Å². The second-order valence-corrected chi connectivity index (χ2v) is 5.87. The van der Waals surface area contributed by atoms with Gasteiger partial charge in [-0.2, -0.15) is 4.98 Å². The van der Waals surface area contributed by atoms with Crippen molar-refractivity contribution in [3.05, 3.63) is 36.5 Å². The highest BCUT2D eigenvalue weighted by atomic mass is 16.5. The molecular formula is C18H22N4O4. The number of carbonyl (C=O) groups is 1. The van der Waals surface area contributed by atoms with E-state index in [-0.39, 0.29) is 18.1 Å². The Bertz CT molecular complexity index is 738. The number of anilines is 1. The van der Waals surface area contributed by atoms with Gasteiger partial charge in [0.25, 0.3) is 0 Å². The van der Waals surface area contributed by atoms with Crippen LogP contribution in [0.2, 0.25) is 0 Å². The number of carbonyl (C=O) groups excluding carboxylic acids is 1. The van der Waals surface area contributed by atoms with Crippen LogP contribution in [0.25, 0.3) is 0 Å². The number of ether oxygens (including phenoxy) is 3. The van der Waals surface area contributed by atoms with Crippen LogP contribution in [0.15, 0.2) is 36.5 Å². The van der Waals surface area contributed by atoms with Crippen molar-refractivity contribution in [2.45, 2.75) is 18.9 Å². The number of aromatic nitrogens is 2. The van der Waals surface area contributed by atoms with Crippen molar-refractivity contribution in [2.24, 2.45) is 0 Å². The van der Waals surface area contributed by atoms with Gasteiger partial charge in [0, 0.05) is 24.5 Å². The van der Waals surface area contributed by atoms with Crippen LogP contribution in [0, 0.1) is 0 Å². The fraction of sp³-hybridized carbons (Fsp3) is 0.389. The highest BCUT2D eigenvalue weighted by Crippen LogP contribution is 2.20. The summed E-state index contributed by atoms with van der Waals surface area (Å²) in [4.78, 5) is 22.4. The Labute approximate surface area is 152 Å². The number of methoxy groups -OCH3 is 2. The highest BCUT2D eigenvalue weighted by Gasteiger charge is 2.25. The second-order valence-electron chi connectivity index (χ2n) is 5.87. The number of benzene rings is 1. The Morgan fingerprint density at radius 2 is 2.00 bits per heavy atom. The monoisotopic (exact) mass is 358 g/mol. The smallest absolute Gasteiger partial charge is 0.321 e. The van der Waals surface area contributed by atoms with E-state index in [0.717, 1.165) is 24.3 Å². The molecule has 0 saturated carbocycles. The summed E-state index contributed by atoms with van der Waals surface area (Å²) in [6.07, 6.45) is 3.18. The van der Waals surface area contributed by atoms with Gasteiger partial charge in [-0.15, -0.1) is 0 Å². The van der Waals surface area contributed by atoms with Gasteiger partial charge in [0.2, 0.25) is 5.88 Å². The second kappa shape index (κ2) is 8.37. The molecule has 1 saturated heterocycles. The lowest BCUT2D eigenvalue weighted by molar-refractivity contribution is 0.102. The average molecular weight is 358 g/mol. The fourth-order valence-electron chi connectivity index (χ4n) is 2.76. The summed E-state index contributed by atoms with van der Waals surface area (Å²) in [5.74, 6) is 1.19. The third-order valence-corrected chi connectivity index (χ3v) is 4.08. The molecule has 1 atom stereocenters. The number of amides is 2. The summed E-state index contributed by atoms with van der Waals surface area (Å²) in [6, 6.07) is 9.01. The standard InChI is InChI=1S/C18H22N4O4/c1-24-14-7-5-13(6-8-14)20-18(23)22-11-3-4-15(12-22)26-16-9-10-19-17(21-16)25-2/h5-10,15H,3-4,11-12H2,1-2H3,(H,20,23). The molecule has 26 heavy (non-hydrogen) atoms. The SMILES string of the molecule is COc1ccc(NC(=O)N2CCCC(Oc3ccnc(OC)n3)C2)cc1. The van der Waals surface area contributed by atoms with E-state index in [1.165, 1.54) is 7.11 Å². The van der Waals surface area contributed by atoms with Crippen LogP contribution in [-0.4, -0.2) is 54.3 Å². The molecule has 0 bridgehead atoms. The Balaban J connectivity index is 1.57. The molecule has 2 heterocycles. The lowest BCUT2D eigenvalue weighted by Crippen LogP contribution is -2.46. The maximum atomic E-state index is 12.5. The molecule has 2 amide bonds. The number of nitrogens with one attached hydrogen (secondary N) is 1. The topological polar surface area (TPSA) is 85.8 Å². The molecule has 3 rings (SSSR count). The lowest BCUT2D eigenvalue weighted by atomic mass is 10.1. The minimum Gasteiger partial charge on any atom is -0.497 e. The first-order valence-electron chi connectivity index (χ1n) is 8.41. The van der Waals surface area contributed by atoms with Crippen molar-refractivity contribution in [1.29, 1.82) is 0 Å². The van der Waals surface area contributed by atoms with Crippen molar-refractivity contribution in [3.63, 3.8) is 0 Å². The van der Waals surface area contributed by atoms with Crippen molar-refractivity contribution >= 4 is 11.7 Å². The average Bonchev–Trinajstić information content (AvgIpc) is 2.69. The Kier molecular flexibility index (Phi) is 5.73. The number of nitrogens with zero attached hydrogens (tertiary/aromatic N) is 3. The molecule has 0 aliphatic carbocycles. The predicted molar refractivity (Wildman–Crippen MR) is 95.8 cm³/mol. The number of rotatable bonds is 5. The first-order valence-corrected chi connectivity index (χ1v) is 8.41. The molecule has 1 aromatic heterocycles. The van der Waals surface area contributed by atoms with Crippen molar-refractivity contribution in [2.75, 3.05) is 32.6 Å². The van der Waals surface area contributed by atoms with Gasteiger partial charge in [0.15, 0.2) is 0 Å². The maximum absolute atomic E-state index is 12.5. The van der Waals surface area contributed by atoms with E-state index in [2.05, 4.69) is 15.3 Å². The molecule has 138 valence electrons. The molecule has 1 fully saturated rings. The van der Waals surface area contributed by atoms with Gasteiger partial charge in [0.1, 0.15) is 11.9 Å². The minimum absolute atomic E-state index is 0.120. The third kappa shape index (κ3) is 4.53. The van der Waals surface area contributed by atoms with Gasteiger partial charge in [-0.1, -0.05) is 0 Å². The van der Waals surface area contributed by atoms with E-state index in [4.69, 9.17) is 14.2 Å². The van der Waals surface area contributed by atoms with Gasteiger partial charge in [0.05, 0.1) is 20.8 Å². The summed E-state index contributed by atoms with van der Waals surface area (Å²) >= 11 is 0. The normalized spacial score (nSPS) is 16.7. The van der Waals surface area contributed by atoms with Crippen LogP contribution in [0.1, 0.15) is 12.8 Å². The molecule has 8 nitrogen and oxygen atoms in total. The Hall–Kier alpha value is -3.03. The lowest BCUT2D eigenvalue weighted by Gasteiger charge is -2.32. The quantitative estimate of drug-likeness (QED) is 0.884. The molecule has 1 unspecified atom stereocenters. The molecule has 1 N–H and O–H groups in total. The van der Waals surface area contributed by atoms with Crippen LogP contribution in [0.3, 0.4) is 0 Å². The molecule has 1 aliphatic rings. The summed E-state index contributed by atoms with van der Waals surface area (Å²) in [5, 5.41) is 2.90. The van der Waals surface area contributed by atoms with E-state index in [0.29, 0.717) is 19.0 Å². The van der Waals surface area contributed by atoms with Gasteiger partial charge in [-0.3, -0.25) is 0 Å². The van der Waals surface area contributed by atoms with Crippen LogP contribution in [-0.2, 0) is 0 Å². The van der Waals surface area contributed by atoms with E-state index in [1.807, 2.05) is 12.1 Å². The molecule has 8 heteroatoms. The van der Waals surface area contributed by atoms with Gasteiger partial charge in [-0.05, 0) is 37.1 Å². The first-order chi connectivity index (χ1) is 12.7. The number of hydrogen-bond donors (Lipinski definition) is 1. The zero-order valence-corrected chi connectivity index (χ0v) is 14.8. The summed E-state index contributed by atoms with van der Waals surface area (Å²) in [6.45, 7) is 1.18. The van der Waals surface area contributed by atoms with Crippen molar-refractivity contribution in [3.8, 4) is 17.6 Å². The van der Waals surface area contributed by atoms with Crippen molar-refractivity contribution in [1.82, 2.24) is 14.9 Å². The zero-order valence-electron chi connectivity index (χ0n) is 14.8. The summed E-state index contributed by atoms with van der Waals surface area (Å²) in [5.41, 5.74) is 0.722. The van der Waals surface area contributed by atoms with Gasteiger partial charge in [-0.25, -0.2) is 9.78 Å². The van der Waals surface area contributed by atoms with Gasteiger partial charge < -0.3 is 24.4 Å². The molecule has 0 spiro atoms. The maximum Gasteiger partial charge on any atom is 0.321 e. The number of hydrogen-bond acceptors (Lipinski definition) is 6. The largest absolute Gasteiger partial charge is 0.497 e. The molecular weight excluding hydrogens is 336 g/mol. The third-order valence-electron chi connectivity index (χ3n) is 4.08. The minimum atomic E-state index is -0.149. The summed E-state index contributed by atoms with van der Waals surface area (Å²) < 4.78 is 16.0. The number of likely N-dealkylation sites (tertiary alicyclic amines) is 1. The van der Waals surface area contributed by atoms with E-state index in [1.54, 1.807) is 36.4 Å². The van der Waals surface area contributed by atoms with Crippen LogP contribution >= 0.6 is 0 Å². The Morgan fingerprint density at radius 3 is 2.73 bits per heavy atom. The predicted octanol–water partition coefficient (Wildman–Crippen LogP) is 2.57. The number of urea groups is 1. The molecule has 2 aromatic rings. The molecule has 1 aromatic carbocycles. The van der Waals surface area contributed by atoms with E-state index in [9.17, 15) is 4.79 Å². The number of piperidine rings is 1. The van der Waals surface area contributed by atoms with E-state index < -0.39 is 0 Å². The zero-order chi connectivity index (χ0) is 18.4. The Morgan fingerprint density at radius 1 is 1.19 bits per heavy atom. The molecule has 1 aliphatic heterocycles. The van der Waals surface area contributed by atoms with Crippen LogP contribution < -0.4 is 19.5 Å². The van der Waals surface area contributed by atoms with Crippen LogP contribution in [0.5, 0.6) is 17.6 Å². The van der Waals surface area contributed by atoms with Gasteiger partial charge >= 0.3 is 12.0 Å². The highest BCUT2D eigenvalue weighted by molar-refractivity contribution is 5.89. The van der Waals surface area contributed by atoms with Crippen molar-refractivity contribution < 1.29 is 19.0 Å².